The lowest BCUT2D eigenvalue weighted by atomic mass is 9.88. The highest BCUT2D eigenvalue weighted by molar-refractivity contribution is 9.10. The van der Waals surface area contributed by atoms with Crippen molar-refractivity contribution < 1.29 is 4.74 Å². The number of nitrogens with zero attached hydrogens (tertiary/aromatic N) is 3. The third-order valence-corrected chi connectivity index (χ3v) is 7.24. The molecule has 1 saturated carbocycles. The minimum Gasteiger partial charge on any atom is -0.488 e. The molecule has 178 valence electrons. The third kappa shape index (κ3) is 5.34. The van der Waals surface area contributed by atoms with Gasteiger partial charge in [-0.1, -0.05) is 77.1 Å². The second-order valence-electron chi connectivity index (χ2n) is 8.75. The van der Waals surface area contributed by atoms with Crippen molar-refractivity contribution >= 4 is 44.6 Å². The molecular weight excluding hydrogens is 526 g/mol. The highest BCUT2D eigenvalue weighted by Crippen LogP contribution is 2.32. The lowest BCUT2D eigenvalue weighted by Crippen LogP contribution is -2.25. The Hall–Kier alpha value is -2.96. The molecule has 0 aliphatic heterocycles. The molecule has 0 spiro atoms. The Morgan fingerprint density at radius 1 is 1.06 bits per heavy atom. The van der Waals surface area contributed by atoms with Crippen LogP contribution in [0.15, 0.2) is 81.1 Å². The zero-order valence-electron chi connectivity index (χ0n) is 19.2. The van der Waals surface area contributed by atoms with Gasteiger partial charge in [0.25, 0.3) is 5.56 Å². The maximum Gasteiger partial charge on any atom is 0.282 e. The van der Waals surface area contributed by atoms with Crippen molar-refractivity contribution in [1.29, 1.82) is 0 Å². The third-order valence-electron chi connectivity index (χ3n) is 6.38. The Bertz CT molecular complexity index is 1440. The molecule has 0 bridgehead atoms. The van der Waals surface area contributed by atoms with Crippen LogP contribution >= 0.6 is 27.5 Å². The summed E-state index contributed by atoms with van der Waals surface area (Å²) in [5.74, 6) is 1.61. The van der Waals surface area contributed by atoms with Crippen LogP contribution in [0.4, 0.5) is 0 Å². The first-order chi connectivity index (χ1) is 17.1. The van der Waals surface area contributed by atoms with Crippen molar-refractivity contribution in [3.8, 4) is 5.75 Å². The molecule has 0 atom stereocenters. The minimum atomic E-state index is -0.164. The number of rotatable bonds is 6. The summed E-state index contributed by atoms with van der Waals surface area (Å²) in [7, 11) is 0. The summed E-state index contributed by atoms with van der Waals surface area (Å²) >= 11 is 9.76. The molecule has 0 unspecified atom stereocenters. The Balaban J connectivity index is 1.52. The van der Waals surface area contributed by atoms with Crippen LogP contribution < -0.4 is 10.3 Å². The number of para-hydroxylation sites is 1. The summed E-state index contributed by atoms with van der Waals surface area (Å²) < 4.78 is 8.39. The van der Waals surface area contributed by atoms with Gasteiger partial charge in [0.05, 0.1) is 17.1 Å². The lowest BCUT2D eigenvalue weighted by Gasteiger charge is -2.22. The number of hydrogen-bond acceptors (Lipinski definition) is 4. The zero-order chi connectivity index (χ0) is 24.2. The van der Waals surface area contributed by atoms with Gasteiger partial charge in [0.2, 0.25) is 0 Å². The van der Waals surface area contributed by atoms with Gasteiger partial charge in [-0.05, 0) is 49.2 Å². The van der Waals surface area contributed by atoms with E-state index in [4.69, 9.17) is 21.3 Å². The fraction of sp³-hybridized carbons (Fsp3) is 0.250. The topological polar surface area (TPSA) is 56.5 Å². The molecule has 1 aliphatic rings. The van der Waals surface area contributed by atoms with Gasteiger partial charge in [0.1, 0.15) is 18.2 Å². The van der Waals surface area contributed by atoms with E-state index in [1.165, 1.54) is 11.1 Å². The maximum atomic E-state index is 13.5. The van der Waals surface area contributed by atoms with Gasteiger partial charge in [-0.15, -0.1) is 0 Å². The summed E-state index contributed by atoms with van der Waals surface area (Å²) in [4.78, 5) is 18.4. The first-order valence-electron chi connectivity index (χ1n) is 11.8. The summed E-state index contributed by atoms with van der Waals surface area (Å²) in [5, 5.41) is 5.86. The van der Waals surface area contributed by atoms with E-state index in [0.29, 0.717) is 28.3 Å². The van der Waals surface area contributed by atoms with E-state index < -0.39 is 0 Å². The molecule has 0 saturated heterocycles. The van der Waals surface area contributed by atoms with Gasteiger partial charge in [0.15, 0.2) is 0 Å². The molecule has 0 radical (unpaired) electrons. The molecule has 1 fully saturated rings. The maximum absolute atomic E-state index is 13.5. The van der Waals surface area contributed by atoms with E-state index in [1.54, 1.807) is 6.21 Å². The van der Waals surface area contributed by atoms with Crippen LogP contribution in [0.3, 0.4) is 0 Å². The second-order valence-corrected chi connectivity index (χ2v) is 10.1. The highest BCUT2D eigenvalue weighted by atomic mass is 79.9. The Labute approximate surface area is 217 Å². The summed E-state index contributed by atoms with van der Waals surface area (Å²) in [6.45, 7) is 0.337. The van der Waals surface area contributed by atoms with Crippen molar-refractivity contribution in [1.82, 2.24) is 9.66 Å². The first-order valence-corrected chi connectivity index (χ1v) is 13.0. The van der Waals surface area contributed by atoms with Crippen LogP contribution in [-0.2, 0) is 6.61 Å². The van der Waals surface area contributed by atoms with Crippen molar-refractivity contribution in [2.24, 2.45) is 5.10 Å². The largest absolute Gasteiger partial charge is 0.488 e. The van der Waals surface area contributed by atoms with Gasteiger partial charge in [-0.3, -0.25) is 4.79 Å². The number of hydrogen-bond donors (Lipinski definition) is 0. The number of aromatic nitrogens is 2. The van der Waals surface area contributed by atoms with E-state index in [-0.39, 0.29) is 11.5 Å². The predicted octanol–water partition coefficient (Wildman–Crippen LogP) is 7.32. The predicted molar refractivity (Wildman–Crippen MR) is 145 cm³/mol. The van der Waals surface area contributed by atoms with Crippen LogP contribution in [0.2, 0.25) is 5.02 Å². The quantitative estimate of drug-likeness (QED) is 0.236. The van der Waals surface area contributed by atoms with Crippen LogP contribution in [0.1, 0.15) is 55.0 Å². The van der Waals surface area contributed by atoms with Crippen LogP contribution in [0, 0.1) is 0 Å². The average Bonchev–Trinajstić information content (AvgIpc) is 2.89. The molecule has 35 heavy (non-hydrogen) atoms. The molecule has 5 nitrogen and oxygen atoms in total. The Morgan fingerprint density at radius 3 is 2.66 bits per heavy atom. The molecule has 5 rings (SSSR count). The number of halogens is 2. The molecule has 7 heteroatoms. The molecule has 0 amide bonds. The number of benzene rings is 3. The summed E-state index contributed by atoms with van der Waals surface area (Å²) in [5.41, 5.74) is 2.22. The molecular formula is C28H25BrClN3O2. The monoisotopic (exact) mass is 549 g/mol. The van der Waals surface area contributed by atoms with Gasteiger partial charge in [-0.2, -0.15) is 9.78 Å². The van der Waals surface area contributed by atoms with Crippen molar-refractivity contribution in [3.63, 3.8) is 0 Å². The molecule has 1 aliphatic carbocycles. The molecule has 0 N–H and O–H groups in total. The van der Waals surface area contributed by atoms with Gasteiger partial charge in [0, 0.05) is 26.5 Å². The fourth-order valence-corrected chi connectivity index (χ4v) is 5.06. The van der Waals surface area contributed by atoms with E-state index >= 15 is 0 Å². The normalized spacial score (nSPS) is 14.6. The van der Waals surface area contributed by atoms with E-state index in [1.807, 2.05) is 66.7 Å². The van der Waals surface area contributed by atoms with Gasteiger partial charge in [-0.25, -0.2) is 4.98 Å². The molecule has 1 heterocycles. The SMILES string of the molecule is O=c1c2cc(Br)ccc2nc(C2CCCCC2)n1N=Cc1ccccc1OCc1ccccc1Cl. The van der Waals surface area contributed by atoms with Gasteiger partial charge < -0.3 is 4.74 Å². The van der Waals surface area contributed by atoms with Crippen LogP contribution in [-0.4, -0.2) is 15.9 Å². The van der Waals surface area contributed by atoms with Crippen molar-refractivity contribution in [2.75, 3.05) is 0 Å². The number of ether oxygens (including phenoxy) is 1. The molecule has 1 aromatic heterocycles. The van der Waals surface area contributed by atoms with E-state index in [2.05, 4.69) is 21.0 Å². The zero-order valence-corrected chi connectivity index (χ0v) is 21.5. The van der Waals surface area contributed by atoms with Crippen LogP contribution in [0.25, 0.3) is 10.9 Å². The van der Waals surface area contributed by atoms with Crippen LogP contribution in [0.5, 0.6) is 5.75 Å². The Morgan fingerprint density at radius 2 is 1.83 bits per heavy atom. The Kier molecular flexibility index (Phi) is 7.30. The first kappa shape index (κ1) is 23.8. The second kappa shape index (κ2) is 10.8. The van der Waals surface area contributed by atoms with E-state index in [9.17, 15) is 4.79 Å². The average molecular weight is 551 g/mol. The molecule has 4 aromatic rings. The number of fused-ring (bicyclic) bond motifs is 1. The minimum absolute atomic E-state index is 0.164. The molecule has 3 aromatic carbocycles. The van der Waals surface area contributed by atoms with E-state index in [0.717, 1.165) is 47.1 Å². The lowest BCUT2D eigenvalue weighted by molar-refractivity contribution is 0.306. The smallest absolute Gasteiger partial charge is 0.282 e. The van der Waals surface area contributed by atoms with Gasteiger partial charge >= 0.3 is 0 Å². The standard InChI is InChI=1S/C28H25BrClN3O2/c29-22-14-15-25-23(16-22)28(34)33(27(32-25)19-8-2-1-3-9-19)31-17-20-10-5-7-13-26(20)35-18-21-11-4-6-12-24(21)30/h4-7,10-17,19H,1-3,8-9,18H2. The van der Waals surface area contributed by atoms with Crippen molar-refractivity contribution in [3.05, 3.63) is 104 Å². The summed E-state index contributed by atoms with van der Waals surface area (Å²) in [6.07, 6.45) is 7.22. The highest BCUT2D eigenvalue weighted by Gasteiger charge is 2.22. The van der Waals surface area contributed by atoms with Crippen molar-refractivity contribution in [2.45, 2.75) is 44.6 Å². The fourth-order valence-electron chi connectivity index (χ4n) is 4.51. The summed E-state index contributed by atoms with van der Waals surface area (Å²) in [6, 6.07) is 20.9.